The van der Waals surface area contributed by atoms with Gasteiger partial charge in [-0.3, -0.25) is 14.8 Å². The van der Waals surface area contributed by atoms with Crippen LogP contribution >= 0.6 is 11.3 Å². The van der Waals surface area contributed by atoms with Crippen molar-refractivity contribution in [1.82, 2.24) is 14.7 Å². The highest BCUT2D eigenvalue weighted by Gasteiger charge is 2.41. The van der Waals surface area contributed by atoms with Gasteiger partial charge in [0, 0.05) is 30.9 Å². The number of hydrogen-bond acceptors (Lipinski definition) is 6. The third-order valence-corrected chi connectivity index (χ3v) is 8.34. The van der Waals surface area contributed by atoms with Gasteiger partial charge in [-0.1, -0.05) is 19.1 Å². The molecule has 8 nitrogen and oxygen atoms in total. The molecule has 2 heterocycles. The molecule has 11 heteroatoms. The Hall–Kier alpha value is -2.34. The normalized spacial score (nSPS) is 17.7. The molecule has 0 saturated carbocycles. The van der Waals surface area contributed by atoms with Crippen molar-refractivity contribution in [2.45, 2.75) is 30.0 Å². The van der Waals surface area contributed by atoms with E-state index in [4.69, 9.17) is 5.21 Å². The van der Waals surface area contributed by atoms with Gasteiger partial charge in [-0.2, -0.15) is 4.31 Å². The Bertz CT molecular complexity index is 1020. The smallest absolute Gasteiger partial charge is 0.263 e. The van der Waals surface area contributed by atoms with Crippen molar-refractivity contribution < 1.29 is 27.6 Å². The molecule has 1 aliphatic rings. The van der Waals surface area contributed by atoms with E-state index < -0.39 is 27.8 Å². The number of hydroxylamine groups is 1. The third kappa shape index (κ3) is 4.53. The summed E-state index contributed by atoms with van der Waals surface area (Å²) in [5, 5.41) is 9.09. The predicted octanol–water partition coefficient (Wildman–Crippen LogP) is 2.06. The summed E-state index contributed by atoms with van der Waals surface area (Å²) in [5.41, 5.74) is 2.17. The molecule has 2 aromatic rings. The largest absolute Gasteiger partial charge is 0.339 e. The number of piperazine rings is 1. The predicted molar refractivity (Wildman–Crippen MR) is 109 cm³/mol. The SMILES string of the molecule is CCCC(=O)N1CCN(S(=O)(=O)c2ccc(-c3ccc(F)cc3)s2)[C@@H](C(=O)NO)C1. The van der Waals surface area contributed by atoms with Gasteiger partial charge in [0.1, 0.15) is 16.1 Å². The summed E-state index contributed by atoms with van der Waals surface area (Å²) in [6.07, 6.45) is 0.932. The Morgan fingerprint density at radius 3 is 2.53 bits per heavy atom. The van der Waals surface area contributed by atoms with Crippen molar-refractivity contribution in [1.29, 1.82) is 0 Å². The average Bonchev–Trinajstić information content (AvgIpc) is 3.24. The Kier molecular flexibility index (Phi) is 6.86. The number of hydrogen-bond donors (Lipinski definition) is 2. The summed E-state index contributed by atoms with van der Waals surface area (Å²) in [6, 6.07) is 7.49. The van der Waals surface area contributed by atoms with Crippen LogP contribution in [-0.2, 0) is 19.6 Å². The van der Waals surface area contributed by atoms with Crippen LogP contribution in [0, 0.1) is 5.82 Å². The van der Waals surface area contributed by atoms with E-state index in [1.807, 2.05) is 6.92 Å². The summed E-state index contributed by atoms with van der Waals surface area (Å²) < 4.78 is 40.6. The molecule has 1 fully saturated rings. The van der Waals surface area contributed by atoms with Crippen molar-refractivity contribution in [2.75, 3.05) is 19.6 Å². The fourth-order valence-electron chi connectivity index (χ4n) is 3.28. The minimum Gasteiger partial charge on any atom is -0.339 e. The van der Waals surface area contributed by atoms with Crippen LogP contribution in [0.4, 0.5) is 4.39 Å². The van der Waals surface area contributed by atoms with E-state index in [9.17, 15) is 22.4 Å². The molecule has 0 spiro atoms. The zero-order chi connectivity index (χ0) is 21.9. The molecule has 1 aliphatic heterocycles. The lowest BCUT2D eigenvalue weighted by Gasteiger charge is -2.39. The molecule has 0 unspecified atom stereocenters. The maximum absolute atomic E-state index is 13.2. The van der Waals surface area contributed by atoms with Crippen LogP contribution in [0.1, 0.15) is 19.8 Å². The van der Waals surface area contributed by atoms with Crippen LogP contribution < -0.4 is 5.48 Å². The lowest BCUT2D eigenvalue weighted by atomic mass is 10.2. The lowest BCUT2D eigenvalue weighted by molar-refractivity contribution is -0.139. The third-order valence-electron chi connectivity index (χ3n) is 4.83. The van der Waals surface area contributed by atoms with Crippen LogP contribution in [0.15, 0.2) is 40.6 Å². The average molecular weight is 456 g/mol. The summed E-state index contributed by atoms with van der Waals surface area (Å²) in [5.74, 6) is -1.46. The lowest BCUT2D eigenvalue weighted by Crippen LogP contribution is -2.61. The number of carbonyl (C=O) groups is 2. The monoisotopic (exact) mass is 455 g/mol. The molecule has 30 heavy (non-hydrogen) atoms. The van der Waals surface area contributed by atoms with Crippen molar-refractivity contribution in [3.05, 3.63) is 42.2 Å². The maximum Gasteiger partial charge on any atom is 0.263 e. The first-order valence-electron chi connectivity index (χ1n) is 9.37. The number of nitrogens with zero attached hydrogens (tertiary/aromatic N) is 2. The first kappa shape index (κ1) is 22.3. The van der Waals surface area contributed by atoms with Crippen molar-refractivity contribution in [3.8, 4) is 10.4 Å². The van der Waals surface area contributed by atoms with E-state index in [0.29, 0.717) is 23.3 Å². The summed E-state index contributed by atoms with van der Waals surface area (Å²) in [6.45, 7) is 1.80. The highest BCUT2D eigenvalue weighted by atomic mass is 32.2. The van der Waals surface area contributed by atoms with Gasteiger partial charge in [-0.05, 0) is 36.2 Å². The molecule has 0 bridgehead atoms. The molecule has 1 atom stereocenters. The van der Waals surface area contributed by atoms with Crippen LogP contribution in [0.3, 0.4) is 0 Å². The summed E-state index contributed by atoms with van der Waals surface area (Å²) in [4.78, 5) is 26.5. The molecular formula is C19H22FN3O5S2. The van der Waals surface area contributed by atoms with Gasteiger partial charge >= 0.3 is 0 Å². The number of amides is 2. The van der Waals surface area contributed by atoms with Crippen LogP contribution in [0.25, 0.3) is 10.4 Å². The molecule has 162 valence electrons. The zero-order valence-corrected chi connectivity index (χ0v) is 17.9. The molecule has 1 aromatic carbocycles. The van der Waals surface area contributed by atoms with Gasteiger partial charge in [-0.15, -0.1) is 11.3 Å². The summed E-state index contributed by atoms with van der Waals surface area (Å²) in [7, 11) is -4.06. The number of halogens is 1. The first-order chi connectivity index (χ1) is 14.3. The van der Waals surface area contributed by atoms with Crippen LogP contribution in [0.5, 0.6) is 0 Å². The summed E-state index contributed by atoms with van der Waals surface area (Å²) >= 11 is 1.00. The minimum atomic E-state index is -4.06. The topological polar surface area (TPSA) is 107 Å². The molecule has 3 rings (SSSR count). The molecule has 0 aliphatic carbocycles. The standard InChI is InChI=1S/C19H22FN3O5S2/c1-2-3-17(24)22-10-11-23(15(12-22)19(25)21-26)30(27,28)18-9-8-16(29-18)13-4-6-14(20)7-5-13/h4-9,15,26H,2-3,10-12H2,1H3,(H,21,25)/t15-/m1/s1. The van der Waals surface area contributed by atoms with Gasteiger partial charge in [0.25, 0.3) is 15.9 Å². The second-order valence-electron chi connectivity index (χ2n) is 6.82. The highest BCUT2D eigenvalue weighted by Crippen LogP contribution is 2.33. The fourth-order valence-corrected chi connectivity index (χ4v) is 6.30. The van der Waals surface area contributed by atoms with Crippen molar-refractivity contribution >= 4 is 33.2 Å². The molecule has 2 amide bonds. The van der Waals surface area contributed by atoms with Crippen LogP contribution in [0.2, 0.25) is 0 Å². The number of thiophene rings is 1. The van der Waals surface area contributed by atoms with Crippen molar-refractivity contribution in [3.63, 3.8) is 0 Å². The number of sulfonamides is 1. The van der Waals surface area contributed by atoms with E-state index in [1.54, 1.807) is 18.2 Å². The quantitative estimate of drug-likeness (QED) is 0.512. The number of nitrogens with one attached hydrogen (secondary N) is 1. The van der Waals surface area contributed by atoms with Gasteiger partial charge in [0.05, 0.1) is 0 Å². The van der Waals surface area contributed by atoms with E-state index in [0.717, 1.165) is 15.6 Å². The van der Waals surface area contributed by atoms with E-state index in [2.05, 4.69) is 0 Å². The number of benzene rings is 1. The molecule has 1 aromatic heterocycles. The van der Waals surface area contributed by atoms with E-state index >= 15 is 0 Å². The van der Waals surface area contributed by atoms with E-state index in [1.165, 1.54) is 28.6 Å². The second-order valence-corrected chi connectivity index (χ2v) is 10.0. The molecule has 2 N–H and O–H groups in total. The Balaban J connectivity index is 1.87. The minimum absolute atomic E-state index is 0.0194. The van der Waals surface area contributed by atoms with Gasteiger partial charge in [0.15, 0.2) is 0 Å². The second kappa shape index (κ2) is 9.21. The number of rotatable bonds is 6. The Labute approximate surface area is 177 Å². The molecule has 0 radical (unpaired) electrons. The van der Waals surface area contributed by atoms with Crippen molar-refractivity contribution in [2.24, 2.45) is 0 Å². The molecule has 1 saturated heterocycles. The maximum atomic E-state index is 13.2. The van der Waals surface area contributed by atoms with Gasteiger partial charge in [-0.25, -0.2) is 18.3 Å². The number of carbonyl (C=O) groups excluding carboxylic acids is 2. The highest BCUT2D eigenvalue weighted by molar-refractivity contribution is 7.91. The van der Waals surface area contributed by atoms with Crippen LogP contribution in [-0.4, -0.2) is 60.3 Å². The zero-order valence-electron chi connectivity index (χ0n) is 16.2. The van der Waals surface area contributed by atoms with Gasteiger partial charge in [0.2, 0.25) is 5.91 Å². The Morgan fingerprint density at radius 1 is 1.20 bits per heavy atom. The Morgan fingerprint density at radius 2 is 1.90 bits per heavy atom. The van der Waals surface area contributed by atoms with Gasteiger partial charge < -0.3 is 4.90 Å². The molecular weight excluding hydrogens is 433 g/mol. The first-order valence-corrected chi connectivity index (χ1v) is 11.6. The fraction of sp³-hybridized carbons (Fsp3) is 0.368. The van der Waals surface area contributed by atoms with E-state index in [-0.39, 0.29) is 29.8 Å².